The summed E-state index contributed by atoms with van der Waals surface area (Å²) in [7, 11) is 0. The molecule has 0 spiro atoms. The van der Waals surface area contributed by atoms with Crippen LogP contribution in [-0.4, -0.2) is 24.0 Å². The first-order chi connectivity index (χ1) is 5.16. The van der Waals surface area contributed by atoms with Crippen LogP contribution in [-0.2, 0) is 4.79 Å². The molecule has 0 aromatic rings. The average molecular weight is 158 g/mol. The molecule has 0 rings (SSSR count). The molecule has 4 heteroatoms. The van der Waals surface area contributed by atoms with E-state index in [1.807, 2.05) is 0 Å². The Morgan fingerprint density at radius 2 is 2.27 bits per heavy atom. The lowest BCUT2D eigenvalue weighted by atomic mass is 10.2. The van der Waals surface area contributed by atoms with Crippen molar-refractivity contribution in [3.8, 4) is 0 Å². The Kier molecular flexibility index (Phi) is 5.37. The molecule has 64 valence electrons. The second-order valence-corrected chi connectivity index (χ2v) is 2.38. The number of carbonyl (C=O) groups excluding carboxylic acids is 1. The monoisotopic (exact) mass is 158 g/mol. The fourth-order valence-electron chi connectivity index (χ4n) is 0.717. The Labute approximate surface area is 66.1 Å². The van der Waals surface area contributed by atoms with Crippen LogP contribution in [0.1, 0.15) is 25.7 Å². The first kappa shape index (κ1) is 10.1. The number of rotatable bonds is 6. The van der Waals surface area contributed by atoms with Crippen LogP contribution in [0.25, 0.3) is 0 Å². The van der Waals surface area contributed by atoms with E-state index in [1.54, 1.807) is 0 Å². The molecule has 0 radical (unpaired) electrons. The van der Waals surface area contributed by atoms with E-state index in [-0.39, 0.29) is 5.91 Å². The number of nitrogens with zero attached hydrogens (tertiary/aromatic N) is 1. The van der Waals surface area contributed by atoms with Crippen molar-refractivity contribution in [2.24, 2.45) is 10.7 Å². The molecule has 1 unspecified atom stereocenters. The third-order valence-corrected chi connectivity index (χ3v) is 1.35. The highest BCUT2D eigenvalue weighted by molar-refractivity contribution is 5.73. The summed E-state index contributed by atoms with van der Waals surface area (Å²) >= 11 is 0. The topological polar surface area (TPSA) is 75.7 Å². The van der Waals surface area contributed by atoms with E-state index in [2.05, 4.69) is 11.7 Å². The molecule has 0 aromatic heterocycles. The summed E-state index contributed by atoms with van der Waals surface area (Å²) < 4.78 is 0. The molecule has 0 saturated carbocycles. The third-order valence-electron chi connectivity index (χ3n) is 1.35. The normalized spacial score (nSPS) is 12.5. The molecule has 1 atom stereocenters. The standard InChI is InChI=1S/C7H14N2O2/c1-9-7(11)5-3-2-4-6(8)10/h7,11H,1-5H2,(H2,8,10). The number of amides is 1. The van der Waals surface area contributed by atoms with Gasteiger partial charge in [-0.25, -0.2) is 0 Å². The third kappa shape index (κ3) is 6.99. The van der Waals surface area contributed by atoms with Crippen molar-refractivity contribution < 1.29 is 9.90 Å². The lowest BCUT2D eigenvalue weighted by Gasteiger charge is -2.02. The van der Waals surface area contributed by atoms with E-state index in [1.165, 1.54) is 0 Å². The lowest BCUT2D eigenvalue weighted by molar-refractivity contribution is -0.118. The summed E-state index contributed by atoms with van der Waals surface area (Å²) in [6.45, 7) is 3.18. The predicted octanol–water partition coefficient (Wildman–Crippen LogP) is 0.0511. The van der Waals surface area contributed by atoms with Gasteiger partial charge in [-0.2, -0.15) is 0 Å². The fraction of sp³-hybridized carbons (Fsp3) is 0.714. The Morgan fingerprint density at radius 3 is 2.73 bits per heavy atom. The summed E-state index contributed by atoms with van der Waals surface area (Å²) in [6.07, 6.45) is 1.70. The maximum Gasteiger partial charge on any atom is 0.217 e. The Bertz CT molecular complexity index is 136. The van der Waals surface area contributed by atoms with Crippen molar-refractivity contribution in [3.05, 3.63) is 0 Å². The number of aliphatic hydroxyl groups is 1. The van der Waals surface area contributed by atoms with Crippen LogP contribution in [0, 0.1) is 0 Å². The number of hydrogen-bond donors (Lipinski definition) is 2. The van der Waals surface area contributed by atoms with Gasteiger partial charge in [0.1, 0.15) is 6.23 Å². The molecule has 0 saturated heterocycles. The van der Waals surface area contributed by atoms with E-state index < -0.39 is 6.23 Å². The summed E-state index contributed by atoms with van der Waals surface area (Å²) in [5.41, 5.74) is 4.90. The van der Waals surface area contributed by atoms with Gasteiger partial charge >= 0.3 is 0 Å². The van der Waals surface area contributed by atoms with Crippen LogP contribution in [0.15, 0.2) is 4.99 Å². The van der Waals surface area contributed by atoms with Gasteiger partial charge in [-0.3, -0.25) is 9.79 Å². The highest BCUT2D eigenvalue weighted by Crippen LogP contribution is 2.03. The van der Waals surface area contributed by atoms with Gasteiger partial charge in [0.2, 0.25) is 5.91 Å². The summed E-state index contributed by atoms with van der Waals surface area (Å²) in [4.78, 5) is 13.6. The Balaban J connectivity index is 3.14. The van der Waals surface area contributed by atoms with Gasteiger partial charge < -0.3 is 10.8 Å². The van der Waals surface area contributed by atoms with Gasteiger partial charge in [0.05, 0.1) is 0 Å². The summed E-state index contributed by atoms with van der Waals surface area (Å²) in [6, 6.07) is 0. The molecule has 0 heterocycles. The van der Waals surface area contributed by atoms with E-state index in [9.17, 15) is 4.79 Å². The molecule has 11 heavy (non-hydrogen) atoms. The zero-order valence-electron chi connectivity index (χ0n) is 6.49. The molecule has 0 fully saturated rings. The van der Waals surface area contributed by atoms with Gasteiger partial charge in [-0.1, -0.05) is 0 Å². The average Bonchev–Trinajstić information content (AvgIpc) is 1.97. The smallest absolute Gasteiger partial charge is 0.217 e. The second-order valence-electron chi connectivity index (χ2n) is 2.38. The Hall–Kier alpha value is -0.900. The maximum atomic E-state index is 10.2. The fourth-order valence-corrected chi connectivity index (χ4v) is 0.717. The number of aliphatic imine (C=N–C) groups is 1. The van der Waals surface area contributed by atoms with E-state index in [4.69, 9.17) is 10.8 Å². The molecule has 0 bridgehead atoms. The molecule has 4 nitrogen and oxygen atoms in total. The van der Waals surface area contributed by atoms with Crippen molar-refractivity contribution in [2.45, 2.75) is 31.9 Å². The van der Waals surface area contributed by atoms with Crippen molar-refractivity contribution >= 4 is 12.6 Å². The van der Waals surface area contributed by atoms with Crippen molar-refractivity contribution in [1.29, 1.82) is 0 Å². The zero-order valence-corrected chi connectivity index (χ0v) is 6.49. The van der Waals surface area contributed by atoms with E-state index in [0.29, 0.717) is 19.3 Å². The first-order valence-corrected chi connectivity index (χ1v) is 3.59. The van der Waals surface area contributed by atoms with Crippen LogP contribution < -0.4 is 5.73 Å². The van der Waals surface area contributed by atoms with Crippen LogP contribution in [0.3, 0.4) is 0 Å². The highest BCUT2D eigenvalue weighted by Gasteiger charge is 1.99. The van der Waals surface area contributed by atoms with Crippen molar-refractivity contribution in [1.82, 2.24) is 0 Å². The van der Waals surface area contributed by atoms with Crippen molar-refractivity contribution in [2.75, 3.05) is 0 Å². The SMILES string of the molecule is C=NC(O)CCCCC(N)=O. The molecule has 0 aliphatic heterocycles. The van der Waals surface area contributed by atoms with E-state index >= 15 is 0 Å². The minimum atomic E-state index is -0.692. The van der Waals surface area contributed by atoms with Crippen LogP contribution in [0.2, 0.25) is 0 Å². The van der Waals surface area contributed by atoms with Crippen molar-refractivity contribution in [3.63, 3.8) is 0 Å². The largest absolute Gasteiger partial charge is 0.372 e. The number of nitrogens with two attached hydrogens (primary N) is 1. The molecule has 0 aromatic carbocycles. The molecular weight excluding hydrogens is 144 g/mol. The zero-order chi connectivity index (χ0) is 8.69. The van der Waals surface area contributed by atoms with Gasteiger partial charge in [-0.15, -0.1) is 0 Å². The quantitative estimate of drug-likeness (QED) is 0.423. The van der Waals surface area contributed by atoms with E-state index in [0.717, 1.165) is 6.42 Å². The molecule has 0 aliphatic carbocycles. The molecule has 3 N–H and O–H groups in total. The number of carbonyl (C=O) groups is 1. The molecular formula is C7H14N2O2. The summed E-state index contributed by atoms with van der Waals surface area (Å²) in [5.74, 6) is -0.300. The van der Waals surface area contributed by atoms with Gasteiger partial charge in [0.25, 0.3) is 0 Å². The molecule has 0 aliphatic rings. The maximum absolute atomic E-state index is 10.2. The number of primary amides is 1. The van der Waals surface area contributed by atoms with Crippen LogP contribution in [0.5, 0.6) is 0 Å². The van der Waals surface area contributed by atoms with Gasteiger partial charge in [-0.05, 0) is 26.0 Å². The highest BCUT2D eigenvalue weighted by atomic mass is 16.3. The second kappa shape index (κ2) is 5.85. The minimum absolute atomic E-state index is 0.300. The number of aliphatic hydroxyl groups excluding tert-OH is 1. The predicted molar refractivity (Wildman–Crippen MR) is 43.2 cm³/mol. The summed E-state index contributed by atoms with van der Waals surface area (Å²) in [5, 5.41) is 8.88. The number of unbranched alkanes of at least 4 members (excludes halogenated alkanes) is 1. The number of hydrogen-bond acceptors (Lipinski definition) is 3. The molecule has 1 amide bonds. The minimum Gasteiger partial charge on any atom is -0.372 e. The first-order valence-electron chi connectivity index (χ1n) is 3.59. The van der Waals surface area contributed by atoms with Gasteiger partial charge in [0, 0.05) is 6.42 Å². The lowest BCUT2D eigenvalue weighted by Crippen LogP contribution is -2.10. The Morgan fingerprint density at radius 1 is 1.64 bits per heavy atom. The van der Waals surface area contributed by atoms with Gasteiger partial charge in [0.15, 0.2) is 0 Å². The van der Waals surface area contributed by atoms with Crippen LogP contribution >= 0.6 is 0 Å². The van der Waals surface area contributed by atoms with Crippen LogP contribution in [0.4, 0.5) is 0 Å².